The number of benzene rings is 3. The third kappa shape index (κ3) is 3.80. The minimum absolute atomic E-state index is 0.157. The van der Waals surface area contributed by atoms with E-state index in [4.69, 9.17) is 0 Å². The highest BCUT2D eigenvalue weighted by molar-refractivity contribution is 7.90. The van der Waals surface area contributed by atoms with Crippen LogP contribution in [-0.2, 0) is 11.4 Å². The van der Waals surface area contributed by atoms with Gasteiger partial charge in [0, 0.05) is 29.9 Å². The van der Waals surface area contributed by atoms with Crippen LogP contribution >= 0.6 is 0 Å². The Bertz CT molecular complexity index is 990. The fourth-order valence-electron chi connectivity index (χ4n) is 5.45. The zero-order valence-electron chi connectivity index (χ0n) is 19.1. The normalized spacial score (nSPS) is 21.8. The van der Waals surface area contributed by atoms with Gasteiger partial charge in [-0.25, -0.2) is 0 Å². The van der Waals surface area contributed by atoms with Gasteiger partial charge < -0.3 is 4.55 Å². The van der Waals surface area contributed by atoms with Crippen molar-refractivity contribution in [3.8, 4) is 0 Å². The molecule has 3 aromatic rings. The summed E-state index contributed by atoms with van der Waals surface area (Å²) in [4.78, 5) is 2.60. The van der Waals surface area contributed by atoms with Gasteiger partial charge in [0.25, 0.3) is 0 Å². The van der Waals surface area contributed by atoms with Crippen LogP contribution in [0.1, 0.15) is 49.5 Å². The molecular formula is C28H32N2OS. The molecular weight excluding hydrogens is 412 g/mol. The highest BCUT2D eigenvalue weighted by atomic mass is 32.2. The van der Waals surface area contributed by atoms with Crippen molar-refractivity contribution >= 4 is 11.4 Å². The molecule has 0 radical (unpaired) electrons. The molecule has 0 aliphatic carbocycles. The SMILES string of the molecule is CC(C)(C)[S+]([O-])N1CC2(CN(C(c3ccccc3)c3ccccc3)C2)[C@@H]1c1ccccc1. The minimum Gasteiger partial charge on any atom is -0.597 e. The van der Waals surface area contributed by atoms with Crippen LogP contribution in [0, 0.1) is 5.41 Å². The number of rotatable bonds is 5. The summed E-state index contributed by atoms with van der Waals surface area (Å²) in [6.45, 7) is 9.14. The van der Waals surface area contributed by atoms with Crippen molar-refractivity contribution in [1.29, 1.82) is 0 Å². The molecule has 5 rings (SSSR count). The zero-order chi connectivity index (χ0) is 22.3. The first-order chi connectivity index (χ1) is 15.4. The van der Waals surface area contributed by atoms with Gasteiger partial charge in [0.15, 0.2) is 0 Å². The molecule has 0 saturated carbocycles. The van der Waals surface area contributed by atoms with Crippen LogP contribution < -0.4 is 0 Å². The molecule has 2 atom stereocenters. The van der Waals surface area contributed by atoms with Crippen LogP contribution in [0.3, 0.4) is 0 Å². The summed E-state index contributed by atoms with van der Waals surface area (Å²) < 4.78 is 15.3. The predicted octanol–water partition coefficient (Wildman–Crippen LogP) is 5.60. The van der Waals surface area contributed by atoms with Crippen LogP contribution in [0.15, 0.2) is 91.0 Å². The summed E-state index contributed by atoms with van der Waals surface area (Å²) in [6.07, 6.45) is 0. The first kappa shape index (κ1) is 21.7. The molecule has 2 aliphatic rings. The lowest BCUT2D eigenvalue weighted by molar-refractivity contribution is -0.143. The van der Waals surface area contributed by atoms with Gasteiger partial charge in [-0.05, 0) is 37.5 Å². The summed E-state index contributed by atoms with van der Waals surface area (Å²) in [5, 5.41) is 0. The average Bonchev–Trinajstić information content (AvgIpc) is 2.76. The van der Waals surface area contributed by atoms with Crippen molar-refractivity contribution in [3.05, 3.63) is 108 Å². The molecule has 0 N–H and O–H groups in total. The Labute approximate surface area is 195 Å². The fraction of sp³-hybridized carbons (Fsp3) is 0.357. The van der Waals surface area contributed by atoms with E-state index in [1.54, 1.807) is 0 Å². The molecule has 4 heteroatoms. The van der Waals surface area contributed by atoms with Gasteiger partial charge in [-0.3, -0.25) is 4.90 Å². The third-order valence-electron chi connectivity index (χ3n) is 6.82. The van der Waals surface area contributed by atoms with Crippen LogP contribution in [0.2, 0.25) is 0 Å². The first-order valence-corrected chi connectivity index (χ1v) is 12.6. The Morgan fingerprint density at radius 3 is 1.72 bits per heavy atom. The molecule has 0 bridgehead atoms. The van der Waals surface area contributed by atoms with Crippen molar-refractivity contribution in [3.63, 3.8) is 0 Å². The van der Waals surface area contributed by atoms with Crippen LogP contribution in [-0.4, -0.2) is 38.1 Å². The van der Waals surface area contributed by atoms with E-state index in [1.165, 1.54) is 16.7 Å². The van der Waals surface area contributed by atoms with Crippen LogP contribution in [0.4, 0.5) is 0 Å². The third-order valence-corrected chi connectivity index (χ3v) is 8.64. The van der Waals surface area contributed by atoms with E-state index >= 15 is 0 Å². The quantitative estimate of drug-likeness (QED) is 0.480. The Kier molecular flexibility index (Phi) is 5.67. The van der Waals surface area contributed by atoms with E-state index in [1.807, 2.05) is 0 Å². The summed E-state index contributed by atoms with van der Waals surface area (Å²) >= 11 is -1.02. The molecule has 3 nitrogen and oxygen atoms in total. The molecule has 0 amide bonds. The lowest BCUT2D eigenvalue weighted by atomic mass is 9.64. The molecule has 1 spiro atoms. The highest BCUT2D eigenvalue weighted by Crippen LogP contribution is 2.58. The van der Waals surface area contributed by atoms with Crippen molar-refractivity contribution in [2.45, 2.75) is 37.6 Å². The van der Waals surface area contributed by atoms with E-state index in [9.17, 15) is 4.55 Å². The standard InChI is InChI=1S/C28H32N2OS/c1-27(2,3)32(31)30-21-28(26(30)24-17-11-6-12-18-24)19-29(20-28)25(22-13-7-4-8-14-22)23-15-9-5-10-16-23/h4-18,25-26H,19-21H2,1-3H3/t26-,32?/m0/s1. The molecule has 166 valence electrons. The molecule has 2 heterocycles. The van der Waals surface area contributed by atoms with E-state index in [0.29, 0.717) is 0 Å². The van der Waals surface area contributed by atoms with Gasteiger partial charge in [-0.15, -0.1) is 4.31 Å². The maximum Gasteiger partial charge on any atom is 0.137 e. The van der Waals surface area contributed by atoms with Gasteiger partial charge in [0.05, 0.1) is 18.6 Å². The molecule has 2 fully saturated rings. The fourth-order valence-corrected chi connectivity index (χ4v) is 7.06. The van der Waals surface area contributed by atoms with Gasteiger partial charge >= 0.3 is 0 Å². The molecule has 32 heavy (non-hydrogen) atoms. The van der Waals surface area contributed by atoms with E-state index in [2.05, 4.69) is 121 Å². The average molecular weight is 445 g/mol. The Hall–Kier alpha value is -2.11. The second kappa shape index (κ2) is 8.35. The number of nitrogens with zero attached hydrogens (tertiary/aromatic N) is 2. The Morgan fingerprint density at radius 2 is 1.25 bits per heavy atom. The first-order valence-electron chi connectivity index (χ1n) is 11.5. The smallest absolute Gasteiger partial charge is 0.137 e. The second-order valence-electron chi connectivity index (χ2n) is 10.2. The second-order valence-corrected chi connectivity index (χ2v) is 12.4. The van der Waals surface area contributed by atoms with E-state index < -0.39 is 11.4 Å². The molecule has 2 saturated heterocycles. The highest BCUT2D eigenvalue weighted by Gasteiger charge is 2.65. The van der Waals surface area contributed by atoms with Gasteiger partial charge in [-0.1, -0.05) is 91.0 Å². The van der Waals surface area contributed by atoms with Crippen molar-refractivity contribution in [2.24, 2.45) is 5.41 Å². The largest absolute Gasteiger partial charge is 0.597 e. The summed E-state index contributed by atoms with van der Waals surface area (Å²) in [7, 11) is 0. The molecule has 0 aromatic heterocycles. The van der Waals surface area contributed by atoms with Gasteiger partial charge in [0.2, 0.25) is 0 Å². The summed E-state index contributed by atoms with van der Waals surface area (Å²) in [5.41, 5.74) is 4.11. The van der Waals surface area contributed by atoms with Crippen LogP contribution in [0.25, 0.3) is 0 Å². The van der Waals surface area contributed by atoms with Gasteiger partial charge in [-0.2, -0.15) is 0 Å². The van der Waals surface area contributed by atoms with Crippen molar-refractivity contribution < 1.29 is 4.55 Å². The summed E-state index contributed by atoms with van der Waals surface area (Å²) in [6, 6.07) is 32.8. The molecule has 1 unspecified atom stereocenters. The monoisotopic (exact) mass is 444 g/mol. The number of hydrogen-bond donors (Lipinski definition) is 0. The Balaban J connectivity index is 1.43. The van der Waals surface area contributed by atoms with Crippen molar-refractivity contribution in [2.75, 3.05) is 19.6 Å². The van der Waals surface area contributed by atoms with Crippen LogP contribution in [0.5, 0.6) is 0 Å². The number of hydrogen-bond acceptors (Lipinski definition) is 3. The minimum atomic E-state index is -1.02. The maximum absolute atomic E-state index is 13.3. The Morgan fingerprint density at radius 1 is 0.781 bits per heavy atom. The summed E-state index contributed by atoms with van der Waals surface area (Å²) in [5.74, 6) is 0. The predicted molar refractivity (Wildman–Crippen MR) is 133 cm³/mol. The van der Waals surface area contributed by atoms with Gasteiger partial charge in [0.1, 0.15) is 4.75 Å². The lowest BCUT2D eigenvalue weighted by Gasteiger charge is -2.66. The topological polar surface area (TPSA) is 29.5 Å². The molecule has 2 aliphatic heterocycles. The zero-order valence-corrected chi connectivity index (χ0v) is 20.0. The van der Waals surface area contributed by atoms with E-state index in [-0.39, 0.29) is 22.2 Å². The molecule has 3 aromatic carbocycles. The number of likely N-dealkylation sites (tertiary alicyclic amines) is 1. The maximum atomic E-state index is 13.3. The van der Waals surface area contributed by atoms with Crippen molar-refractivity contribution in [1.82, 2.24) is 9.21 Å². The van der Waals surface area contributed by atoms with E-state index in [0.717, 1.165) is 19.6 Å². The lowest BCUT2D eigenvalue weighted by Crippen LogP contribution is -2.75.